The molecule has 110 valence electrons. The first kappa shape index (κ1) is 14.4. The number of hydrogen-bond acceptors (Lipinski definition) is 7. The van der Waals surface area contributed by atoms with E-state index in [4.69, 9.17) is 0 Å². The van der Waals surface area contributed by atoms with E-state index in [2.05, 4.69) is 25.3 Å². The second kappa shape index (κ2) is 6.46. The molecule has 9 nitrogen and oxygen atoms in total. The monoisotopic (exact) mass is 291 g/mol. The van der Waals surface area contributed by atoms with Crippen molar-refractivity contribution >= 4 is 17.3 Å². The summed E-state index contributed by atoms with van der Waals surface area (Å²) in [5, 5.41) is 20.1. The lowest BCUT2D eigenvalue weighted by Crippen LogP contribution is -2.22. The summed E-state index contributed by atoms with van der Waals surface area (Å²) in [5.74, 6) is 0.0161. The highest BCUT2D eigenvalue weighted by Gasteiger charge is 2.17. The van der Waals surface area contributed by atoms with Gasteiger partial charge in [-0.05, 0) is 19.1 Å². The van der Waals surface area contributed by atoms with E-state index in [1.165, 1.54) is 24.6 Å². The van der Waals surface area contributed by atoms with Crippen molar-refractivity contribution in [1.29, 1.82) is 0 Å². The van der Waals surface area contributed by atoms with E-state index in [1.807, 2.05) is 0 Å². The Morgan fingerprint density at radius 2 is 2.29 bits per heavy atom. The molecule has 0 aliphatic heterocycles. The molecule has 1 aromatic heterocycles. The standard InChI is InChI=1S/C12H13N5O4/c1-2-13-12(18)8-3-4-9(10(5-8)17(19)20)14-6-11-15-7-21-16-11/h3-5,7,14H,2,6H2,1H3,(H,13,18). The highest BCUT2D eigenvalue weighted by Crippen LogP contribution is 2.25. The number of nitro benzene ring substituents is 1. The van der Waals surface area contributed by atoms with E-state index in [9.17, 15) is 14.9 Å². The molecule has 0 atom stereocenters. The smallest absolute Gasteiger partial charge is 0.293 e. The van der Waals surface area contributed by atoms with Crippen molar-refractivity contribution in [3.8, 4) is 0 Å². The minimum Gasteiger partial charge on any atom is -0.372 e. The minimum absolute atomic E-state index is 0.178. The molecular formula is C12H13N5O4. The number of aromatic nitrogens is 2. The molecule has 1 heterocycles. The van der Waals surface area contributed by atoms with Crippen LogP contribution in [0.3, 0.4) is 0 Å². The average Bonchev–Trinajstić information content (AvgIpc) is 2.98. The van der Waals surface area contributed by atoms with Gasteiger partial charge < -0.3 is 15.2 Å². The van der Waals surface area contributed by atoms with Crippen LogP contribution in [-0.4, -0.2) is 27.5 Å². The minimum atomic E-state index is -0.554. The van der Waals surface area contributed by atoms with Gasteiger partial charge in [0.2, 0.25) is 6.39 Å². The highest BCUT2D eigenvalue weighted by molar-refractivity contribution is 5.95. The summed E-state index contributed by atoms with van der Waals surface area (Å²) in [5.41, 5.74) is 0.314. The molecule has 2 N–H and O–H groups in total. The van der Waals surface area contributed by atoms with Crippen molar-refractivity contribution in [2.24, 2.45) is 0 Å². The number of nitrogens with one attached hydrogen (secondary N) is 2. The Hall–Kier alpha value is -2.97. The fraction of sp³-hybridized carbons (Fsp3) is 0.250. The molecule has 0 aliphatic rings. The summed E-state index contributed by atoms with van der Waals surface area (Å²) < 4.78 is 4.57. The largest absolute Gasteiger partial charge is 0.372 e. The molecule has 2 rings (SSSR count). The van der Waals surface area contributed by atoms with Crippen molar-refractivity contribution in [3.63, 3.8) is 0 Å². The Kier molecular flexibility index (Phi) is 4.44. The maximum atomic E-state index is 11.7. The van der Waals surface area contributed by atoms with Gasteiger partial charge in [0.1, 0.15) is 5.69 Å². The fourth-order valence-electron chi connectivity index (χ4n) is 1.68. The first-order valence-electron chi connectivity index (χ1n) is 6.17. The third-order valence-electron chi connectivity index (χ3n) is 2.64. The zero-order chi connectivity index (χ0) is 15.2. The van der Waals surface area contributed by atoms with E-state index in [-0.39, 0.29) is 29.4 Å². The third kappa shape index (κ3) is 3.53. The molecule has 0 saturated carbocycles. The summed E-state index contributed by atoms with van der Waals surface area (Å²) in [7, 11) is 0. The van der Waals surface area contributed by atoms with Crippen LogP contribution in [0.4, 0.5) is 11.4 Å². The number of rotatable bonds is 6. The number of amides is 1. The number of nitrogens with zero attached hydrogens (tertiary/aromatic N) is 3. The maximum absolute atomic E-state index is 11.7. The number of benzene rings is 1. The van der Waals surface area contributed by atoms with Crippen LogP contribution in [0.25, 0.3) is 0 Å². The molecule has 1 aromatic carbocycles. The van der Waals surface area contributed by atoms with E-state index in [0.717, 1.165) is 0 Å². The van der Waals surface area contributed by atoms with Gasteiger partial charge in [0.25, 0.3) is 11.6 Å². The molecule has 1 amide bonds. The highest BCUT2D eigenvalue weighted by atomic mass is 16.6. The Morgan fingerprint density at radius 3 is 2.90 bits per heavy atom. The first-order chi connectivity index (χ1) is 10.1. The van der Waals surface area contributed by atoms with Crippen molar-refractivity contribution in [3.05, 3.63) is 46.1 Å². The number of carbonyl (C=O) groups is 1. The predicted octanol–water partition coefficient (Wildman–Crippen LogP) is 1.34. The van der Waals surface area contributed by atoms with E-state index in [1.54, 1.807) is 6.92 Å². The Labute approximate surface area is 119 Å². The molecule has 0 spiro atoms. The van der Waals surface area contributed by atoms with Crippen LogP contribution in [-0.2, 0) is 6.54 Å². The second-order valence-electron chi connectivity index (χ2n) is 4.05. The number of hydrogen-bond donors (Lipinski definition) is 2. The summed E-state index contributed by atoms with van der Waals surface area (Å²) in [4.78, 5) is 26.0. The molecular weight excluding hydrogens is 278 g/mol. The number of carbonyl (C=O) groups excluding carboxylic acids is 1. The van der Waals surface area contributed by atoms with Gasteiger partial charge in [0, 0.05) is 18.2 Å². The molecule has 0 radical (unpaired) electrons. The number of nitro groups is 1. The van der Waals surface area contributed by atoms with Crippen LogP contribution in [0.5, 0.6) is 0 Å². The van der Waals surface area contributed by atoms with Crippen LogP contribution in [0.1, 0.15) is 23.1 Å². The molecule has 0 unspecified atom stereocenters. The van der Waals surface area contributed by atoms with Gasteiger partial charge in [0.15, 0.2) is 5.82 Å². The second-order valence-corrected chi connectivity index (χ2v) is 4.05. The van der Waals surface area contributed by atoms with Crippen molar-refractivity contribution < 1.29 is 14.2 Å². The maximum Gasteiger partial charge on any atom is 0.293 e. The number of anilines is 1. The molecule has 0 aliphatic carbocycles. The molecule has 21 heavy (non-hydrogen) atoms. The summed E-state index contributed by atoms with van der Waals surface area (Å²) in [6.07, 6.45) is 1.17. The molecule has 2 aromatic rings. The lowest BCUT2D eigenvalue weighted by atomic mass is 10.1. The van der Waals surface area contributed by atoms with Gasteiger partial charge in [-0.1, -0.05) is 5.16 Å². The van der Waals surface area contributed by atoms with Gasteiger partial charge in [-0.2, -0.15) is 4.98 Å². The summed E-state index contributed by atoms with van der Waals surface area (Å²) in [6.45, 7) is 2.40. The zero-order valence-electron chi connectivity index (χ0n) is 11.2. The SMILES string of the molecule is CCNC(=O)c1ccc(NCc2ncon2)c([N+](=O)[O-])c1. The topological polar surface area (TPSA) is 123 Å². The van der Waals surface area contributed by atoms with Crippen LogP contribution in [0.15, 0.2) is 29.1 Å². The molecule has 0 fully saturated rings. The lowest BCUT2D eigenvalue weighted by Gasteiger charge is -2.07. The summed E-state index contributed by atoms with van der Waals surface area (Å²) in [6, 6.07) is 4.21. The summed E-state index contributed by atoms with van der Waals surface area (Å²) >= 11 is 0. The van der Waals surface area contributed by atoms with Crippen LogP contribution < -0.4 is 10.6 Å². The van der Waals surface area contributed by atoms with E-state index < -0.39 is 4.92 Å². The quantitative estimate of drug-likeness (QED) is 0.608. The van der Waals surface area contributed by atoms with Gasteiger partial charge >= 0.3 is 0 Å². The normalized spacial score (nSPS) is 10.1. The van der Waals surface area contributed by atoms with Crippen molar-refractivity contribution in [2.45, 2.75) is 13.5 Å². The van der Waals surface area contributed by atoms with Gasteiger partial charge in [0.05, 0.1) is 11.5 Å². The van der Waals surface area contributed by atoms with Crippen LogP contribution >= 0.6 is 0 Å². The van der Waals surface area contributed by atoms with Crippen molar-refractivity contribution in [2.75, 3.05) is 11.9 Å². The van der Waals surface area contributed by atoms with Gasteiger partial charge in [-0.25, -0.2) is 0 Å². The molecule has 0 bridgehead atoms. The first-order valence-corrected chi connectivity index (χ1v) is 6.17. The van der Waals surface area contributed by atoms with Crippen molar-refractivity contribution in [1.82, 2.24) is 15.5 Å². The molecule has 9 heteroatoms. The Morgan fingerprint density at radius 1 is 1.48 bits per heavy atom. The molecule has 0 saturated heterocycles. The van der Waals surface area contributed by atoms with E-state index >= 15 is 0 Å². The fourth-order valence-corrected chi connectivity index (χ4v) is 1.68. The van der Waals surface area contributed by atoms with Gasteiger partial charge in [-0.15, -0.1) is 0 Å². The Balaban J connectivity index is 2.20. The Bertz CT molecular complexity index is 641. The van der Waals surface area contributed by atoms with Gasteiger partial charge in [-0.3, -0.25) is 14.9 Å². The third-order valence-corrected chi connectivity index (χ3v) is 2.64. The predicted molar refractivity (Wildman–Crippen MR) is 72.7 cm³/mol. The van der Waals surface area contributed by atoms with Crippen LogP contribution in [0.2, 0.25) is 0 Å². The average molecular weight is 291 g/mol. The zero-order valence-corrected chi connectivity index (χ0v) is 11.2. The van der Waals surface area contributed by atoms with Crippen LogP contribution in [0, 0.1) is 10.1 Å². The van der Waals surface area contributed by atoms with E-state index in [0.29, 0.717) is 12.4 Å². The lowest BCUT2D eigenvalue weighted by molar-refractivity contribution is -0.384.